The average molecular weight is 243 g/mol. The van der Waals surface area contributed by atoms with Gasteiger partial charge in [0.1, 0.15) is 0 Å². The SMILES string of the molecule is Cc1[nH]nc(Cl)c1B1OC(C)(C)C(C)(C)O1. The molecule has 88 valence electrons. The summed E-state index contributed by atoms with van der Waals surface area (Å²) in [7, 11) is -0.448. The minimum Gasteiger partial charge on any atom is -0.399 e. The van der Waals surface area contributed by atoms with Crippen molar-refractivity contribution in [1.82, 2.24) is 10.2 Å². The zero-order valence-electron chi connectivity index (χ0n) is 10.2. The summed E-state index contributed by atoms with van der Waals surface area (Å²) >= 11 is 6.01. The van der Waals surface area contributed by atoms with Crippen molar-refractivity contribution in [2.45, 2.75) is 45.8 Å². The van der Waals surface area contributed by atoms with Crippen molar-refractivity contribution in [2.75, 3.05) is 0 Å². The lowest BCUT2D eigenvalue weighted by Gasteiger charge is -2.32. The standard InChI is InChI=1S/C10H16BClN2O2/c1-6-7(8(12)14-13-6)11-15-9(2,3)10(4,5)16-11/h1-5H3,(H,13,14). The van der Waals surface area contributed by atoms with Gasteiger partial charge in [-0.2, -0.15) is 5.10 Å². The highest BCUT2D eigenvalue weighted by Gasteiger charge is 2.53. The lowest BCUT2D eigenvalue weighted by atomic mass is 9.79. The molecule has 6 heteroatoms. The molecule has 0 unspecified atom stereocenters. The van der Waals surface area contributed by atoms with Gasteiger partial charge in [-0.3, -0.25) is 5.10 Å². The molecule has 0 atom stereocenters. The van der Waals surface area contributed by atoms with E-state index >= 15 is 0 Å². The molecule has 0 amide bonds. The maximum absolute atomic E-state index is 6.01. The summed E-state index contributed by atoms with van der Waals surface area (Å²) in [6.07, 6.45) is 0. The second-order valence-electron chi connectivity index (χ2n) is 5.14. The van der Waals surface area contributed by atoms with Crippen LogP contribution in [0.2, 0.25) is 5.15 Å². The molecule has 1 N–H and O–H groups in total. The fourth-order valence-corrected chi connectivity index (χ4v) is 1.92. The number of aromatic nitrogens is 2. The third kappa shape index (κ3) is 1.67. The van der Waals surface area contributed by atoms with E-state index in [1.807, 2.05) is 34.6 Å². The number of hydrogen-bond acceptors (Lipinski definition) is 3. The van der Waals surface area contributed by atoms with Crippen LogP contribution in [0.1, 0.15) is 33.4 Å². The maximum atomic E-state index is 6.01. The van der Waals surface area contributed by atoms with E-state index < -0.39 is 7.12 Å². The van der Waals surface area contributed by atoms with Crippen LogP contribution < -0.4 is 5.46 Å². The summed E-state index contributed by atoms with van der Waals surface area (Å²) in [5.74, 6) is 0. The van der Waals surface area contributed by atoms with Gasteiger partial charge in [-0.15, -0.1) is 0 Å². The van der Waals surface area contributed by atoms with E-state index in [-0.39, 0.29) is 11.2 Å². The van der Waals surface area contributed by atoms with Crippen LogP contribution in [-0.4, -0.2) is 28.5 Å². The van der Waals surface area contributed by atoms with Gasteiger partial charge in [-0.1, -0.05) is 11.6 Å². The van der Waals surface area contributed by atoms with Gasteiger partial charge in [0.15, 0.2) is 5.15 Å². The predicted octanol–water partition coefficient (Wildman–Crippen LogP) is 1.67. The van der Waals surface area contributed by atoms with Crippen molar-refractivity contribution < 1.29 is 9.31 Å². The highest BCUT2D eigenvalue weighted by atomic mass is 35.5. The van der Waals surface area contributed by atoms with Crippen molar-refractivity contribution in [3.05, 3.63) is 10.8 Å². The Bertz CT molecular complexity index is 381. The average Bonchev–Trinajstić information content (AvgIpc) is 2.52. The van der Waals surface area contributed by atoms with Gasteiger partial charge < -0.3 is 9.31 Å². The van der Waals surface area contributed by atoms with Crippen molar-refractivity contribution >= 4 is 24.2 Å². The van der Waals surface area contributed by atoms with Crippen molar-refractivity contribution in [3.8, 4) is 0 Å². The first-order valence-corrected chi connectivity index (χ1v) is 5.68. The Hall–Kier alpha value is -0.515. The van der Waals surface area contributed by atoms with Gasteiger partial charge in [0.2, 0.25) is 0 Å². The van der Waals surface area contributed by atoms with Gasteiger partial charge >= 0.3 is 7.12 Å². The Labute approximate surface area is 101 Å². The fraction of sp³-hybridized carbons (Fsp3) is 0.700. The maximum Gasteiger partial charge on any atom is 0.499 e. The van der Waals surface area contributed by atoms with Crippen LogP contribution in [0.4, 0.5) is 0 Å². The molecular weight excluding hydrogens is 226 g/mol. The van der Waals surface area contributed by atoms with Gasteiger partial charge in [0.25, 0.3) is 0 Å². The van der Waals surface area contributed by atoms with Gasteiger partial charge in [0, 0.05) is 11.2 Å². The second kappa shape index (κ2) is 3.49. The number of nitrogens with zero attached hydrogens (tertiary/aromatic N) is 1. The van der Waals surface area contributed by atoms with Crippen LogP contribution in [0.5, 0.6) is 0 Å². The van der Waals surface area contributed by atoms with E-state index in [1.54, 1.807) is 0 Å². The largest absolute Gasteiger partial charge is 0.499 e. The van der Waals surface area contributed by atoms with E-state index in [0.717, 1.165) is 11.2 Å². The molecule has 1 saturated heterocycles. The topological polar surface area (TPSA) is 47.1 Å². The molecule has 0 saturated carbocycles. The smallest absolute Gasteiger partial charge is 0.399 e. The first kappa shape index (κ1) is 12.0. The summed E-state index contributed by atoms with van der Waals surface area (Å²) in [6, 6.07) is 0. The van der Waals surface area contributed by atoms with Crippen molar-refractivity contribution in [1.29, 1.82) is 0 Å². The van der Waals surface area contributed by atoms with Gasteiger partial charge in [-0.05, 0) is 34.6 Å². The highest BCUT2D eigenvalue weighted by Crippen LogP contribution is 2.37. The van der Waals surface area contributed by atoms with Crippen LogP contribution in [0.15, 0.2) is 0 Å². The normalized spacial score (nSPS) is 22.8. The monoisotopic (exact) mass is 242 g/mol. The molecule has 1 fully saturated rings. The first-order valence-electron chi connectivity index (χ1n) is 5.30. The van der Waals surface area contributed by atoms with Crippen LogP contribution in [0.3, 0.4) is 0 Å². The van der Waals surface area contributed by atoms with Gasteiger partial charge in [-0.25, -0.2) is 0 Å². The summed E-state index contributed by atoms with van der Waals surface area (Å²) in [4.78, 5) is 0. The molecule has 1 aromatic rings. The van der Waals surface area contributed by atoms with E-state index in [4.69, 9.17) is 20.9 Å². The lowest BCUT2D eigenvalue weighted by molar-refractivity contribution is 0.00578. The molecular formula is C10H16BClN2O2. The molecule has 0 spiro atoms. The van der Waals surface area contributed by atoms with E-state index in [1.165, 1.54) is 0 Å². The zero-order chi connectivity index (χ0) is 12.1. The number of aromatic amines is 1. The Morgan fingerprint density at radius 2 is 1.69 bits per heavy atom. The van der Waals surface area contributed by atoms with Gasteiger partial charge in [0.05, 0.1) is 11.2 Å². The molecule has 16 heavy (non-hydrogen) atoms. The summed E-state index contributed by atoms with van der Waals surface area (Å²) in [6.45, 7) is 9.94. The number of halogens is 1. The first-order chi connectivity index (χ1) is 7.24. The van der Waals surface area contributed by atoms with E-state index in [0.29, 0.717) is 5.15 Å². The van der Waals surface area contributed by atoms with Crippen LogP contribution >= 0.6 is 11.6 Å². The Kier molecular flexibility index (Phi) is 2.61. The molecule has 2 heterocycles. The summed E-state index contributed by atoms with van der Waals surface area (Å²) in [5, 5.41) is 7.18. The Morgan fingerprint density at radius 1 is 1.19 bits per heavy atom. The second-order valence-corrected chi connectivity index (χ2v) is 5.50. The molecule has 0 bridgehead atoms. The lowest BCUT2D eigenvalue weighted by Crippen LogP contribution is -2.41. The third-order valence-corrected chi connectivity index (χ3v) is 3.73. The molecule has 0 aromatic carbocycles. The number of rotatable bonds is 1. The molecule has 0 radical (unpaired) electrons. The molecule has 4 nitrogen and oxygen atoms in total. The molecule has 0 aliphatic carbocycles. The van der Waals surface area contributed by atoms with E-state index in [9.17, 15) is 0 Å². The minimum absolute atomic E-state index is 0.356. The molecule has 1 aromatic heterocycles. The minimum atomic E-state index is -0.448. The van der Waals surface area contributed by atoms with E-state index in [2.05, 4.69) is 10.2 Å². The molecule has 1 aliphatic heterocycles. The third-order valence-electron chi connectivity index (χ3n) is 3.44. The Morgan fingerprint density at radius 3 is 2.06 bits per heavy atom. The number of nitrogens with one attached hydrogen (secondary N) is 1. The number of H-pyrrole nitrogens is 1. The quantitative estimate of drug-likeness (QED) is 0.762. The molecule has 2 rings (SSSR count). The fourth-order valence-electron chi connectivity index (χ4n) is 1.64. The van der Waals surface area contributed by atoms with Crippen LogP contribution in [0.25, 0.3) is 0 Å². The van der Waals surface area contributed by atoms with Crippen molar-refractivity contribution in [3.63, 3.8) is 0 Å². The Balaban J connectivity index is 2.34. The molecule has 1 aliphatic rings. The van der Waals surface area contributed by atoms with Crippen molar-refractivity contribution in [2.24, 2.45) is 0 Å². The summed E-state index contributed by atoms with van der Waals surface area (Å²) in [5.41, 5.74) is 0.957. The predicted molar refractivity (Wildman–Crippen MR) is 64.1 cm³/mol. The summed E-state index contributed by atoms with van der Waals surface area (Å²) < 4.78 is 11.8. The number of aryl methyl sites for hydroxylation is 1. The zero-order valence-corrected chi connectivity index (χ0v) is 11.0. The van der Waals surface area contributed by atoms with Crippen LogP contribution in [-0.2, 0) is 9.31 Å². The highest BCUT2D eigenvalue weighted by molar-refractivity contribution is 6.65. The number of hydrogen-bond donors (Lipinski definition) is 1. The van der Waals surface area contributed by atoms with Crippen LogP contribution in [0, 0.1) is 6.92 Å².